The second-order valence-electron chi connectivity index (χ2n) is 6.81. The molecule has 154 valence electrons. The molecule has 0 radical (unpaired) electrons. The number of aliphatic hydroxyl groups is 1. The maximum atomic E-state index is 13.7. The van der Waals surface area contributed by atoms with Crippen molar-refractivity contribution < 1.29 is 23.5 Å². The van der Waals surface area contributed by atoms with Crippen LogP contribution in [0.4, 0.5) is 9.52 Å². The van der Waals surface area contributed by atoms with Gasteiger partial charge in [-0.25, -0.2) is 9.37 Å². The van der Waals surface area contributed by atoms with Crippen LogP contribution in [0.15, 0.2) is 76.6 Å². The number of amides is 1. The van der Waals surface area contributed by atoms with Crippen LogP contribution in [0.5, 0.6) is 0 Å². The van der Waals surface area contributed by atoms with Gasteiger partial charge >= 0.3 is 0 Å². The maximum absolute atomic E-state index is 13.7. The van der Waals surface area contributed by atoms with E-state index in [2.05, 4.69) is 27.6 Å². The predicted octanol–water partition coefficient (Wildman–Crippen LogP) is 5.42. The lowest BCUT2D eigenvalue weighted by Gasteiger charge is -2.24. The number of aromatic nitrogens is 1. The van der Waals surface area contributed by atoms with E-state index in [4.69, 9.17) is 4.42 Å². The Labute approximate surface area is 192 Å². The number of benzene rings is 2. The highest BCUT2D eigenvalue weighted by atomic mass is 127. The van der Waals surface area contributed by atoms with E-state index < -0.39 is 29.3 Å². The molecule has 1 atom stereocenters. The van der Waals surface area contributed by atoms with E-state index in [0.29, 0.717) is 15.8 Å². The Kier molecular flexibility index (Phi) is 4.86. The smallest absolute Gasteiger partial charge is 0.296 e. The standard InChI is InChI=1S/C22H12FIN2O4S/c23-12-5-8-14-16(10-12)31-22(25-14)26-18(11-3-6-13(24)7-4-11)17(20(28)21(26)29)19(27)15-2-1-9-30-15/h1-10,18,28H. The molecule has 5 rings (SSSR count). The van der Waals surface area contributed by atoms with Gasteiger partial charge in [0.1, 0.15) is 5.82 Å². The number of nitrogens with zero attached hydrogens (tertiary/aromatic N) is 2. The van der Waals surface area contributed by atoms with Gasteiger partial charge in [-0.05, 0) is 70.6 Å². The summed E-state index contributed by atoms with van der Waals surface area (Å²) in [5.74, 6) is -2.40. The molecule has 1 N–H and O–H groups in total. The lowest BCUT2D eigenvalue weighted by atomic mass is 9.95. The number of thiazole rings is 1. The van der Waals surface area contributed by atoms with Gasteiger partial charge in [-0.1, -0.05) is 23.5 Å². The maximum Gasteiger partial charge on any atom is 0.296 e. The minimum atomic E-state index is -0.910. The summed E-state index contributed by atoms with van der Waals surface area (Å²) in [6.45, 7) is 0. The molecule has 0 fully saturated rings. The highest BCUT2D eigenvalue weighted by molar-refractivity contribution is 14.1. The molecule has 31 heavy (non-hydrogen) atoms. The largest absolute Gasteiger partial charge is 0.503 e. The second kappa shape index (κ2) is 7.57. The fourth-order valence-electron chi connectivity index (χ4n) is 3.52. The monoisotopic (exact) mass is 546 g/mol. The van der Waals surface area contributed by atoms with Crippen molar-refractivity contribution >= 4 is 61.0 Å². The zero-order chi connectivity index (χ0) is 21.7. The average Bonchev–Trinajstić information content (AvgIpc) is 3.47. The molecule has 0 bridgehead atoms. The number of halogens is 2. The SMILES string of the molecule is O=C(C1=C(O)C(=O)N(c2nc3ccc(F)cc3s2)C1c1ccc(I)cc1)c1ccco1. The summed E-state index contributed by atoms with van der Waals surface area (Å²) in [6.07, 6.45) is 1.35. The molecule has 2 aromatic carbocycles. The molecule has 1 aliphatic heterocycles. The highest BCUT2D eigenvalue weighted by Crippen LogP contribution is 2.44. The normalized spacial score (nSPS) is 16.5. The first kappa shape index (κ1) is 19.9. The number of ketones is 1. The Morgan fingerprint density at radius 3 is 2.68 bits per heavy atom. The average molecular weight is 546 g/mol. The predicted molar refractivity (Wildman–Crippen MR) is 122 cm³/mol. The van der Waals surface area contributed by atoms with E-state index in [1.54, 1.807) is 18.2 Å². The van der Waals surface area contributed by atoms with Crippen molar-refractivity contribution in [2.75, 3.05) is 4.90 Å². The summed E-state index contributed by atoms with van der Waals surface area (Å²) >= 11 is 3.26. The fourth-order valence-corrected chi connectivity index (χ4v) is 4.90. The number of carbonyl (C=O) groups excluding carboxylic acids is 2. The summed E-state index contributed by atoms with van der Waals surface area (Å²) in [6, 6.07) is 13.5. The summed E-state index contributed by atoms with van der Waals surface area (Å²) in [5.41, 5.74) is 1.05. The summed E-state index contributed by atoms with van der Waals surface area (Å²) in [5, 5.41) is 11.0. The molecule has 6 nitrogen and oxygen atoms in total. The molecule has 0 saturated heterocycles. The van der Waals surface area contributed by atoms with Crippen molar-refractivity contribution in [1.82, 2.24) is 4.98 Å². The number of fused-ring (bicyclic) bond motifs is 1. The van der Waals surface area contributed by atoms with Crippen LogP contribution in [0, 0.1) is 9.39 Å². The van der Waals surface area contributed by atoms with Gasteiger partial charge in [-0.2, -0.15) is 0 Å². The van der Waals surface area contributed by atoms with E-state index in [9.17, 15) is 19.1 Å². The molecule has 2 aromatic heterocycles. The molecule has 3 heterocycles. The molecule has 0 aliphatic carbocycles. The Bertz CT molecular complexity index is 1360. The minimum Gasteiger partial charge on any atom is -0.503 e. The van der Waals surface area contributed by atoms with Crippen molar-refractivity contribution in [1.29, 1.82) is 0 Å². The first-order valence-corrected chi connectivity index (χ1v) is 11.0. The van der Waals surface area contributed by atoms with Gasteiger partial charge in [0.2, 0.25) is 5.78 Å². The number of aliphatic hydroxyl groups excluding tert-OH is 1. The third-order valence-corrected chi connectivity index (χ3v) is 6.67. The fraction of sp³-hybridized carbons (Fsp3) is 0.0455. The van der Waals surface area contributed by atoms with Crippen molar-refractivity contribution in [3.05, 3.63) is 92.9 Å². The highest BCUT2D eigenvalue weighted by Gasteiger charge is 2.46. The molecule has 1 unspecified atom stereocenters. The van der Waals surface area contributed by atoms with Gasteiger partial charge in [0.05, 0.1) is 28.1 Å². The van der Waals surface area contributed by atoms with Crippen molar-refractivity contribution in [2.24, 2.45) is 0 Å². The third-order valence-electron chi connectivity index (χ3n) is 4.93. The number of hydrogen-bond donors (Lipinski definition) is 1. The van der Waals surface area contributed by atoms with E-state index in [-0.39, 0.29) is 16.5 Å². The van der Waals surface area contributed by atoms with E-state index in [1.807, 2.05) is 12.1 Å². The van der Waals surface area contributed by atoms with Gasteiger partial charge < -0.3 is 9.52 Å². The molecule has 9 heteroatoms. The first-order valence-electron chi connectivity index (χ1n) is 9.10. The Morgan fingerprint density at radius 1 is 1.19 bits per heavy atom. The lowest BCUT2D eigenvalue weighted by molar-refractivity contribution is -0.117. The molecular weight excluding hydrogens is 534 g/mol. The van der Waals surface area contributed by atoms with Crippen LogP contribution >= 0.6 is 33.9 Å². The van der Waals surface area contributed by atoms with Crippen LogP contribution in [-0.4, -0.2) is 21.8 Å². The van der Waals surface area contributed by atoms with Crippen LogP contribution in [-0.2, 0) is 4.79 Å². The molecule has 0 saturated carbocycles. The first-order chi connectivity index (χ1) is 14.9. The Morgan fingerprint density at radius 2 is 1.97 bits per heavy atom. The van der Waals surface area contributed by atoms with Crippen LogP contribution in [0.1, 0.15) is 22.2 Å². The van der Waals surface area contributed by atoms with Gasteiger partial charge in [-0.15, -0.1) is 0 Å². The zero-order valence-electron chi connectivity index (χ0n) is 15.6. The number of Topliss-reactive ketones (excluding diaryl/α,β-unsaturated/α-hetero) is 1. The van der Waals surface area contributed by atoms with Crippen LogP contribution in [0.25, 0.3) is 10.2 Å². The second-order valence-corrected chi connectivity index (χ2v) is 9.06. The molecule has 0 spiro atoms. The summed E-state index contributed by atoms with van der Waals surface area (Å²) in [7, 11) is 0. The van der Waals surface area contributed by atoms with E-state index in [0.717, 1.165) is 14.9 Å². The van der Waals surface area contributed by atoms with Crippen LogP contribution < -0.4 is 4.90 Å². The molecule has 4 aromatic rings. The van der Waals surface area contributed by atoms with Crippen molar-refractivity contribution in [3.63, 3.8) is 0 Å². The van der Waals surface area contributed by atoms with Crippen LogP contribution in [0.3, 0.4) is 0 Å². The number of furan rings is 1. The number of rotatable bonds is 4. The Hall–Kier alpha value is -3.05. The topological polar surface area (TPSA) is 83.6 Å². The van der Waals surface area contributed by atoms with Gasteiger partial charge in [0.15, 0.2) is 16.7 Å². The van der Waals surface area contributed by atoms with Gasteiger partial charge in [-0.3, -0.25) is 14.5 Å². The van der Waals surface area contributed by atoms with E-state index >= 15 is 0 Å². The number of hydrogen-bond acceptors (Lipinski definition) is 6. The number of carbonyl (C=O) groups is 2. The van der Waals surface area contributed by atoms with Crippen molar-refractivity contribution in [2.45, 2.75) is 6.04 Å². The van der Waals surface area contributed by atoms with Crippen LogP contribution in [0.2, 0.25) is 0 Å². The number of anilines is 1. The van der Waals surface area contributed by atoms with Gasteiger partial charge in [0.25, 0.3) is 5.91 Å². The summed E-state index contributed by atoms with van der Waals surface area (Å²) in [4.78, 5) is 32.0. The zero-order valence-corrected chi connectivity index (χ0v) is 18.6. The quantitative estimate of drug-likeness (QED) is 0.273. The Balaban J connectivity index is 1.68. The lowest BCUT2D eigenvalue weighted by Crippen LogP contribution is -2.30. The molecular formula is C22H12FIN2O4S. The minimum absolute atomic E-state index is 0.0121. The van der Waals surface area contributed by atoms with E-state index in [1.165, 1.54) is 35.4 Å². The van der Waals surface area contributed by atoms with Gasteiger partial charge in [0, 0.05) is 3.57 Å². The molecule has 1 aliphatic rings. The third kappa shape index (κ3) is 3.33. The van der Waals surface area contributed by atoms with Crippen molar-refractivity contribution in [3.8, 4) is 0 Å². The summed E-state index contributed by atoms with van der Waals surface area (Å²) < 4.78 is 20.4. The molecule has 1 amide bonds.